The van der Waals surface area contributed by atoms with Crippen LogP contribution in [0.4, 0.5) is 11.4 Å². The minimum atomic E-state index is -0.420. The summed E-state index contributed by atoms with van der Waals surface area (Å²) < 4.78 is 0. The van der Waals surface area contributed by atoms with Crippen LogP contribution in [0.5, 0.6) is 0 Å². The lowest BCUT2D eigenvalue weighted by Gasteiger charge is -2.07. The maximum atomic E-state index is 11.8. The van der Waals surface area contributed by atoms with Gasteiger partial charge >= 0.3 is 0 Å². The van der Waals surface area contributed by atoms with Crippen LogP contribution in [0.3, 0.4) is 0 Å². The van der Waals surface area contributed by atoms with Gasteiger partial charge < -0.3 is 10.6 Å². The molecule has 0 fully saturated rings. The molecule has 2 N–H and O–H groups in total. The first-order valence-electron chi connectivity index (χ1n) is 6.14. The third-order valence-corrected chi connectivity index (χ3v) is 3.01. The molecule has 2 amide bonds. The molecule has 0 bridgehead atoms. The van der Waals surface area contributed by atoms with Crippen molar-refractivity contribution >= 4 is 46.4 Å². The standard InChI is InChI=1S/C15H12Cl2N2O2/c16-10-3-1-5-12(7-10)18-14(20)9-15(21)19-13-6-2-4-11(17)8-13/h1-8H,9H2,(H,18,20)(H,19,21). The van der Waals surface area contributed by atoms with E-state index < -0.39 is 11.8 Å². The molecule has 0 spiro atoms. The van der Waals surface area contributed by atoms with Gasteiger partial charge in [0.05, 0.1) is 0 Å². The molecule has 0 aliphatic rings. The summed E-state index contributed by atoms with van der Waals surface area (Å²) in [6.07, 6.45) is -0.293. The van der Waals surface area contributed by atoms with Crippen LogP contribution in [0.2, 0.25) is 10.0 Å². The minimum Gasteiger partial charge on any atom is -0.326 e. The van der Waals surface area contributed by atoms with Crippen molar-refractivity contribution in [3.05, 3.63) is 58.6 Å². The first-order chi connectivity index (χ1) is 10.0. The SMILES string of the molecule is O=C(CC(=O)Nc1cccc(Cl)c1)Nc1cccc(Cl)c1. The van der Waals surface area contributed by atoms with E-state index in [9.17, 15) is 9.59 Å². The highest BCUT2D eigenvalue weighted by Gasteiger charge is 2.10. The number of rotatable bonds is 4. The van der Waals surface area contributed by atoms with Gasteiger partial charge in [0, 0.05) is 21.4 Å². The number of hydrogen-bond acceptors (Lipinski definition) is 2. The number of hydrogen-bond donors (Lipinski definition) is 2. The molecule has 0 aliphatic carbocycles. The Morgan fingerprint density at radius 2 is 1.24 bits per heavy atom. The summed E-state index contributed by atoms with van der Waals surface area (Å²) in [5.41, 5.74) is 1.09. The monoisotopic (exact) mass is 322 g/mol. The fourth-order valence-corrected chi connectivity index (χ4v) is 2.07. The maximum Gasteiger partial charge on any atom is 0.233 e. The van der Waals surface area contributed by atoms with Gasteiger partial charge in [0.25, 0.3) is 0 Å². The van der Waals surface area contributed by atoms with Gasteiger partial charge in [-0.15, -0.1) is 0 Å². The lowest BCUT2D eigenvalue weighted by Crippen LogP contribution is -2.21. The average molecular weight is 323 g/mol. The van der Waals surface area contributed by atoms with E-state index in [2.05, 4.69) is 10.6 Å². The molecular formula is C15H12Cl2N2O2. The number of benzene rings is 2. The van der Waals surface area contributed by atoms with Crippen molar-refractivity contribution in [3.63, 3.8) is 0 Å². The van der Waals surface area contributed by atoms with E-state index in [0.717, 1.165) is 0 Å². The van der Waals surface area contributed by atoms with Crippen molar-refractivity contribution in [2.24, 2.45) is 0 Å². The van der Waals surface area contributed by atoms with Gasteiger partial charge in [0.15, 0.2) is 0 Å². The molecule has 2 aromatic rings. The molecule has 0 aromatic heterocycles. The summed E-state index contributed by atoms with van der Waals surface area (Å²) >= 11 is 11.6. The van der Waals surface area contributed by atoms with Gasteiger partial charge in [-0.1, -0.05) is 35.3 Å². The number of carbonyl (C=O) groups is 2. The highest BCUT2D eigenvalue weighted by Crippen LogP contribution is 2.16. The average Bonchev–Trinajstić information content (AvgIpc) is 2.38. The lowest BCUT2D eigenvalue weighted by atomic mass is 10.3. The summed E-state index contributed by atoms with van der Waals surface area (Å²) in [4.78, 5) is 23.5. The van der Waals surface area contributed by atoms with Crippen LogP contribution in [0.25, 0.3) is 0 Å². The lowest BCUT2D eigenvalue weighted by molar-refractivity contribution is -0.123. The molecule has 21 heavy (non-hydrogen) atoms. The van der Waals surface area contributed by atoms with Crippen molar-refractivity contribution in [2.75, 3.05) is 10.6 Å². The molecule has 0 saturated carbocycles. The highest BCUT2D eigenvalue weighted by atomic mass is 35.5. The van der Waals surface area contributed by atoms with E-state index in [1.165, 1.54) is 0 Å². The van der Waals surface area contributed by atoms with Crippen molar-refractivity contribution < 1.29 is 9.59 Å². The van der Waals surface area contributed by atoms with E-state index in [4.69, 9.17) is 23.2 Å². The molecule has 0 heterocycles. The molecule has 0 atom stereocenters. The highest BCUT2D eigenvalue weighted by molar-refractivity contribution is 6.31. The second-order valence-electron chi connectivity index (χ2n) is 4.29. The predicted molar refractivity (Wildman–Crippen MR) is 84.8 cm³/mol. The molecule has 108 valence electrons. The number of nitrogens with one attached hydrogen (secondary N) is 2. The number of anilines is 2. The third-order valence-electron chi connectivity index (χ3n) is 2.54. The summed E-state index contributed by atoms with van der Waals surface area (Å²) in [7, 11) is 0. The smallest absolute Gasteiger partial charge is 0.233 e. The normalized spacial score (nSPS) is 10.0. The summed E-state index contributed by atoms with van der Waals surface area (Å²) in [5, 5.41) is 6.22. The Morgan fingerprint density at radius 3 is 1.62 bits per heavy atom. The molecule has 2 aromatic carbocycles. The Kier molecular flexibility index (Phi) is 5.20. The molecular weight excluding hydrogens is 311 g/mol. The van der Waals surface area contributed by atoms with Gasteiger partial charge in [-0.05, 0) is 36.4 Å². The topological polar surface area (TPSA) is 58.2 Å². The van der Waals surface area contributed by atoms with Gasteiger partial charge in [0.2, 0.25) is 11.8 Å². The van der Waals surface area contributed by atoms with Gasteiger partial charge in [-0.25, -0.2) is 0 Å². The van der Waals surface area contributed by atoms with Crippen LogP contribution < -0.4 is 10.6 Å². The van der Waals surface area contributed by atoms with E-state index in [1.807, 2.05) is 0 Å². The number of amides is 2. The Bertz CT molecular complexity index is 617. The first-order valence-corrected chi connectivity index (χ1v) is 6.89. The van der Waals surface area contributed by atoms with E-state index >= 15 is 0 Å². The van der Waals surface area contributed by atoms with Crippen molar-refractivity contribution in [3.8, 4) is 0 Å². The summed E-state index contributed by atoms with van der Waals surface area (Å²) in [5.74, 6) is -0.839. The Morgan fingerprint density at radius 1 is 0.810 bits per heavy atom. The predicted octanol–water partition coefficient (Wildman–Crippen LogP) is 3.96. The number of halogens is 2. The molecule has 6 heteroatoms. The third kappa shape index (κ3) is 5.10. The summed E-state index contributed by atoms with van der Waals surface area (Å²) in [6.45, 7) is 0. The fraction of sp³-hybridized carbons (Fsp3) is 0.0667. The second-order valence-corrected chi connectivity index (χ2v) is 5.17. The largest absolute Gasteiger partial charge is 0.326 e. The van der Waals surface area contributed by atoms with Gasteiger partial charge in [0.1, 0.15) is 6.42 Å². The quantitative estimate of drug-likeness (QED) is 0.837. The van der Waals surface area contributed by atoms with E-state index in [-0.39, 0.29) is 6.42 Å². The van der Waals surface area contributed by atoms with Crippen molar-refractivity contribution in [2.45, 2.75) is 6.42 Å². The zero-order valence-corrected chi connectivity index (χ0v) is 12.4. The first kappa shape index (κ1) is 15.4. The van der Waals surface area contributed by atoms with Crippen molar-refractivity contribution in [1.82, 2.24) is 0 Å². The van der Waals surface area contributed by atoms with Crippen LogP contribution in [0.15, 0.2) is 48.5 Å². The van der Waals surface area contributed by atoms with Crippen LogP contribution in [0.1, 0.15) is 6.42 Å². The summed E-state index contributed by atoms with van der Waals surface area (Å²) in [6, 6.07) is 13.4. The van der Waals surface area contributed by atoms with Crippen molar-refractivity contribution in [1.29, 1.82) is 0 Å². The molecule has 2 rings (SSSR count). The van der Waals surface area contributed by atoms with Crippen LogP contribution >= 0.6 is 23.2 Å². The van der Waals surface area contributed by atoms with E-state index in [1.54, 1.807) is 48.5 Å². The maximum absolute atomic E-state index is 11.8. The second kappa shape index (κ2) is 7.11. The van der Waals surface area contributed by atoms with E-state index in [0.29, 0.717) is 21.4 Å². The number of carbonyl (C=O) groups excluding carboxylic acids is 2. The van der Waals surface area contributed by atoms with Crippen LogP contribution in [-0.4, -0.2) is 11.8 Å². The Balaban J connectivity index is 1.89. The van der Waals surface area contributed by atoms with Crippen LogP contribution in [-0.2, 0) is 9.59 Å². The Labute approximate surface area is 132 Å². The zero-order valence-electron chi connectivity index (χ0n) is 10.9. The molecule has 0 radical (unpaired) electrons. The zero-order chi connectivity index (χ0) is 15.2. The van der Waals surface area contributed by atoms with Gasteiger partial charge in [-0.2, -0.15) is 0 Å². The molecule has 0 unspecified atom stereocenters. The molecule has 0 saturated heterocycles. The minimum absolute atomic E-state index is 0.293. The molecule has 4 nitrogen and oxygen atoms in total. The molecule has 0 aliphatic heterocycles. The fourth-order valence-electron chi connectivity index (χ4n) is 1.69. The van der Waals surface area contributed by atoms with Crippen LogP contribution in [0, 0.1) is 0 Å². The Hall–Kier alpha value is -2.04. The van der Waals surface area contributed by atoms with Gasteiger partial charge in [-0.3, -0.25) is 9.59 Å².